The maximum Gasteiger partial charge on any atom is 0.249 e. The molecule has 4 aromatic carbocycles. The standard InChI is InChI=1S/C29H24FN5O2/c30-24-16-8-7-15-23(24)28(29(37)31-19-21-11-3-1-4-12-21)35(22-13-5-2-6-14-22)27(36)20-34-26-18-10-9-17-25(26)32-33-34/h1-18,28H,19-20H2,(H,31,37)/t28-/m0/s1. The van der Waals surface area contributed by atoms with Crippen LogP contribution in [0.3, 0.4) is 0 Å². The molecule has 5 aromatic rings. The fourth-order valence-corrected chi connectivity index (χ4v) is 4.24. The number of nitrogens with one attached hydrogen (secondary N) is 1. The summed E-state index contributed by atoms with van der Waals surface area (Å²) in [5.74, 6) is -1.53. The molecule has 7 nitrogen and oxygen atoms in total. The molecule has 1 heterocycles. The number of benzene rings is 4. The van der Waals surface area contributed by atoms with Crippen molar-refractivity contribution in [3.63, 3.8) is 0 Å². The van der Waals surface area contributed by atoms with E-state index in [1.54, 1.807) is 42.5 Å². The van der Waals surface area contributed by atoms with E-state index < -0.39 is 23.7 Å². The summed E-state index contributed by atoms with van der Waals surface area (Å²) >= 11 is 0. The largest absolute Gasteiger partial charge is 0.350 e. The van der Waals surface area contributed by atoms with Gasteiger partial charge < -0.3 is 5.32 Å². The monoisotopic (exact) mass is 493 g/mol. The second kappa shape index (κ2) is 10.8. The zero-order chi connectivity index (χ0) is 25.6. The van der Waals surface area contributed by atoms with E-state index in [9.17, 15) is 9.59 Å². The molecule has 8 heteroatoms. The number of nitrogens with zero attached hydrogens (tertiary/aromatic N) is 4. The molecule has 0 bridgehead atoms. The second-order valence-electron chi connectivity index (χ2n) is 8.46. The number of amides is 2. The van der Waals surface area contributed by atoms with E-state index in [-0.39, 0.29) is 18.7 Å². The third kappa shape index (κ3) is 5.23. The van der Waals surface area contributed by atoms with Crippen LogP contribution in [-0.4, -0.2) is 26.8 Å². The van der Waals surface area contributed by atoms with E-state index in [0.717, 1.165) is 5.56 Å². The average molecular weight is 494 g/mol. The Morgan fingerprint density at radius 2 is 1.49 bits per heavy atom. The lowest BCUT2D eigenvalue weighted by Crippen LogP contribution is -2.45. The van der Waals surface area contributed by atoms with Gasteiger partial charge in [-0.1, -0.05) is 84.1 Å². The Hall–Kier alpha value is -4.85. The quantitative estimate of drug-likeness (QED) is 0.341. The predicted octanol–water partition coefficient (Wildman–Crippen LogP) is 4.66. The Bertz CT molecular complexity index is 1520. The molecule has 2 amide bonds. The minimum Gasteiger partial charge on any atom is -0.350 e. The van der Waals surface area contributed by atoms with Crippen molar-refractivity contribution in [2.24, 2.45) is 0 Å². The van der Waals surface area contributed by atoms with Gasteiger partial charge in [-0.3, -0.25) is 14.5 Å². The summed E-state index contributed by atoms with van der Waals surface area (Å²) in [5.41, 5.74) is 2.76. The fourth-order valence-electron chi connectivity index (χ4n) is 4.24. The van der Waals surface area contributed by atoms with Gasteiger partial charge in [-0.25, -0.2) is 9.07 Å². The highest BCUT2D eigenvalue weighted by atomic mass is 19.1. The minimum atomic E-state index is -1.26. The highest BCUT2D eigenvalue weighted by Gasteiger charge is 2.34. The molecular weight excluding hydrogens is 469 g/mol. The number of anilines is 1. The Morgan fingerprint density at radius 3 is 2.24 bits per heavy atom. The summed E-state index contributed by atoms with van der Waals surface area (Å²) in [6.45, 7) is 0.0431. The third-order valence-electron chi connectivity index (χ3n) is 6.02. The van der Waals surface area contributed by atoms with E-state index in [2.05, 4.69) is 15.6 Å². The molecule has 0 spiro atoms. The Kier molecular flexibility index (Phi) is 6.98. The summed E-state index contributed by atoms with van der Waals surface area (Å²) in [5, 5.41) is 11.1. The Balaban J connectivity index is 1.54. The number of hydrogen-bond donors (Lipinski definition) is 1. The first kappa shape index (κ1) is 23.9. The van der Waals surface area contributed by atoms with Crippen molar-refractivity contribution in [2.45, 2.75) is 19.1 Å². The minimum absolute atomic E-state index is 0.0914. The van der Waals surface area contributed by atoms with Crippen molar-refractivity contribution in [2.75, 3.05) is 4.90 Å². The molecule has 0 saturated heterocycles. The highest BCUT2D eigenvalue weighted by molar-refractivity contribution is 6.01. The Morgan fingerprint density at radius 1 is 0.838 bits per heavy atom. The van der Waals surface area contributed by atoms with Crippen molar-refractivity contribution in [3.8, 4) is 0 Å². The first-order valence-corrected chi connectivity index (χ1v) is 11.8. The molecule has 0 radical (unpaired) electrons. The maximum atomic E-state index is 15.1. The van der Waals surface area contributed by atoms with Gasteiger partial charge in [-0.05, 0) is 35.9 Å². The summed E-state index contributed by atoms with van der Waals surface area (Å²) in [7, 11) is 0. The number of hydrogen-bond acceptors (Lipinski definition) is 4. The van der Waals surface area contributed by atoms with E-state index >= 15 is 4.39 Å². The Labute approximate surface area is 213 Å². The second-order valence-corrected chi connectivity index (χ2v) is 8.46. The molecule has 0 fully saturated rings. The summed E-state index contributed by atoms with van der Waals surface area (Å²) in [6, 6.07) is 30.2. The molecule has 0 unspecified atom stereocenters. The topological polar surface area (TPSA) is 80.1 Å². The molecule has 37 heavy (non-hydrogen) atoms. The molecule has 184 valence electrons. The summed E-state index contributed by atoms with van der Waals surface area (Å²) in [4.78, 5) is 28.9. The van der Waals surface area contributed by atoms with Gasteiger partial charge in [-0.15, -0.1) is 5.10 Å². The molecule has 1 N–H and O–H groups in total. The van der Waals surface area contributed by atoms with Gasteiger partial charge in [0.2, 0.25) is 11.8 Å². The number of rotatable bonds is 8. The zero-order valence-corrected chi connectivity index (χ0v) is 19.9. The van der Waals surface area contributed by atoms with Crippen molar-refractivity contribution in [3.05, 3.63) is 126 Å². The molecule has 1 atom stereocenters. The molecule has 0 saturated carbocycles. The third-order valence-corrected chi connectivity index (χ3v) is 6.02. The summed E-state index contributed by atoms with van der Waals surface area (Å²) < 4.78 is 16.6. The fraction of sp³-hybridized carbons (Fsp3) is 0.103. The SMILES string of the molecule is O=C(NCc1ccccc1)[C@H](c1ccccc1F)N(C(=O)Cn1nnc2ccccc21)c1ccccc1. The molecule has 5 rings (SSSR count). The van der Waals surface area contributed by atoms with Gasteiger partial charge in [0.15, 0.2) is 0 Å². The van der Waals surface area contributed by atoms with E-state index in [1.807, 2.05) is 54.6 Å². The number of aromatic nitrogens is 3. The van der Waals surface area contributed by atoms with E-state index in [4.69, 9.17) is 0 Å². The van der Waals surface area contributed by atoms with Crippen LogP contribution in [0.2, 0.25) is 0 Å². The lowest BCUT2D eigenvalue weighted by molar-refractivity contribution is -0.127. The van der Waals surface area contributed by atoms with Crippen LogP contribution in [-0.2, 0) is 22.7 Å². The smallest absolute Gasteiger partial charge is 0.249 e. The van der Waals surface area contributed by atoms with Crippen LogP contribution in [0.15, 0.2) is 109 Å². The van der Waals surface area contributed by atoms with Gasteiger partial charge in [0.05, 0.1) is 5.52 Å². The first-order valence-electron chi connectivity index (χ1n) is 11.8. The van der Waals surface area contributed by atoms with Crippen molar-refractivity contribution < 1.29 is 14.0 Å². The molecule has 0 aliphatic rings. The maximum absolute atomic E-state index is 15.1. The van der Waals surface area contributed by atoms with Gasteiger partial charge in [0.25, 0.3) is 0 Å². The van der Waals surface area contributed by atoms with Crippen LogP contribution in [0.25, 0.3) is 11.0 Å². The van der Waals surface area contributed by atoms with Crippen LogP contribution in [0.5, 0.6) is 0 Å². The number of carbonyl (C=O) groups is 2. The predicted molar refractivity (Wildman–Crippen MR) is 139 cm³/mol. The van der Waals surface area contributed by atoms with Crippen molar-refractivity contribution in [1.82, 2.24) is 20.3 Å². The van der Waals surface area contributed by atoms with E-state index in [1.165, 1.54) is 21.7 Å². The van der Waals surface area contributed by atoms with Crippen molar-refractivity contribution >= 4 is 28.5 Å². The number of fused-ring (bicyclic) bond motifs is 1. The van der Waals surface area contributed by atoms with Crippen LogP contribution in [0.1, 0.15) is 17.2 Å². The van der Waals surface area contributed by atoms with Crippen LogP contribution in [0.4, 0.5) is 10.1 Å². The summed E-state index contributed by atoms with van der Waals surface area (Å²) in [6.07, 6.45) is 0. The van der Waals surface area contributed by atoms with Gasteiger partial charge in [0, 0.05) is 17.8 Å². The van der Waals surface area contributed by atoms with E-state index in [0.29, 0.717) is 16.7 Å². The van der Waals surface area contributed by atoms with Crippen LogP contribution < -0.4 is 10.2 Å². The van der Waals surface area contributed by atoms with Crippen molar-refractivity contribution in [1.29, 1.82) is 0 Å². The van der Waals surface area contributed by atoms with Gasteiger partial charge in [0.1, 0.15) is 23.9 Å². The van der Waals surface area contributed by atoms with Crippen LogP contribution in [0, 0.1) is 5.82 Å². The highest BCUT2D eigenvalue weighted by Crippen LogP contribution is 2.30. The van der Waals surface area contributed by atoms with Crippen LogP contribution >= 0.6 is 0 Å². The molecular formula is C29H24FN5O2. The molecule has 0 aliphatic heterocycles. The number of carbonyl (C=O) groups excluding carboxylic acids is 2. The van der Waals surface area contributed by atoms with Gasteiger partial charge >= 0.3 is 0 Å². The zero-order valence-electron chi connectivity index (χ0n) is 19.9. The lowest BCUT2D eigenvalue weighted by Gasteiger charge is -2.31. The molecule has 0 aliphatic carbocycles. The lowest BCUT2D eigenvalue weighted by atomic mass is 10.0. The van der Waals surface area contributed by atoms with Gasteiger partial charge in [-0.2, -0.15) is 0 Å². The molecule has 1 aromatic heterocycles. The first-order chi connectivity index (χ1) is 18.1. The number of halogens is 1. The number of para-hydroxylation sites is 2. The normalized spacial score (nSPS) is 11.7. The average Bonchev–Trinajstić information content (AvgIpc) is 3.34.